The lowest BCUT2D eigenvalue weighted by atomic mass is 10.1. The van der Waals surface area contributed by atoms with E-state index in [9.17, 15) is 27.2 Å². The molecule has 5 rings (SSSR count). The van der Waals surface area contributed by atoms with Gasteiger partial charge < -0.3 is 4.90 Å². The minimum absolute atomic E-state index is 0.0812. The van der Waals surface area contributed by atoms with Crippen LogP contribution in [0.25, 0.3) is 11.3 Å². The number of nitrogens with zero attached hydrogens (tertiary/aromatic N) is 5. The average Bonchev–Trinajstić information content (AvgIpc) is 3.55. The van der Waals surface area contributed by atoms with Crippen molar-refractivity contribution in [3.63, 3.8) is 0 Å². The molecule has 0 bridgehead atoms. The number of hydrogen-bond donors (Lipinski definition) is 0. The van der Waals surface area contributed by atoms with Gasteiger partial charge in [0.05, 0.1) is 17.5 Å². The summed E-state index contributed by atoms with van der Waals surface area (Å²) in [4.78, 5) is 37.1. The molecule has 7 nitrogen and oxygen atoms in total. The van der Waals surface area contributed by atoms with E-state index in [1.165, 1.54) is 27.8 Å². The van der Waals surface area contributed by atoms with Crippen molar-refractivity contribution >= 4 is 11.9 Å². The predicted molar refractivity (Wildman–Crippen MR) is 128 cm³/mol. The highest BCUT2D eigenvalue weighted by Gasteiger charge is 2.64. The number of piperidine rings is 1. The number of alkyl halides is 3. The maximum atomic E-state index is 14.3. The van der Waals surface area contributed by atoms with Crippen LogP contribution >= 0.6 is 0 Å². The van der Waals surface area contributed by atoms with E-state index in [0.717, 1.165) is 30.5 Å². The Kier molecular flexibility index (Phi) is 5.54. The molecule has 3 aromatic rings. The number of carbonyl (C=O) groups excluding carboxylic acids is 1. The first-order valence-corrected chi connectivity index (χ1v) is 11.2. The quantitative estimate of drug-likeness (QED) is 0.491. The highest BCUT2D eigenvalue weighted by Crippen LogP contribution is 2.59. The summed E-state index contributed by atoms with van der Waals surface area (Å²) in [6.07, 6.45) is -2.06. The normalized spacial score (nSPS) is 20.7. The van der Waals surface area contributed by atoms with Crippen LogP contribution in [0.15, 0.2) is 78.1 Å². The Hall–Kier alpha value is -4.28. The molecule has 2 fully saturated rings. The smallest absolute Gasteiger partial charge is 0.341 e. The molecule has 11 heteroatoms. The van der Waals surface area contributed by atoms with Crippen LogP contribution in [0.3, 0.4) is 0 Å². The Morgan fingerprint density at radius 1 is 1.08 bits per heavy atom. The number of benzene rings is 1. The lowest BCUT2D eigenvalue weighted by molar-refractivity contribution is -0.137. The fraction of sp³-hybridized carbons (Fsp3) is 0.231. The molecule has 1 saturated heterocycles. The van der Waals surface area contributed by atoms with Gasteiger partial charge >= 0.3 is 6.18 Å². The van der Waals surface area contributed by atoms with Gasteiger partial charge in [0.2, 0.25) is 5.95 Å². The number of hydrogen-bond acceptors (Lipinski definition) is 5. The standard InChI is InChI=1S/C26H21F4N5O2/c1-13-21-22(14(2)35(13)24(37)15-5-7-16(8-6-15)26(28,29)30)23(21)34(4)25-32-19(11-20(36)33(25)3)17-9-10-31-12-18(17)27/h5-12,21-23H,1-2H2,3-4H3/t21-,22+,23?. The highest BCUT2D eigenvalue weighted by atomic mass is 19.4. The lowest BCUT2D eigenvalue weighted by Gasteiger charge is -2.28. The van der Waals surface area contributed by atoms with Gasteiger partial charge in [0.25, 0.3) is 11.5 Å². The molecule has 37 heavy (non-hydrogen) atoms. The number of aromatic nitrogens is 3. The minimum atomic E-state index is -4.50. The minimum Gasteiger partial charge on any atom is -0.341 e. The molecule has 1 aliphatic carbocycles. The molecular formula is C26H21F4N5O2. The van der Waals surface area contributed by atoms with Gasteiger partial charge in [-0.15, -0.1) is 0 Å². The van der Waals surface area contributed by atoms with Crippen LogP contribution < -0.4 is 10.5 Å². The Bertz CT molecular complexity index is 1490. The van der Waals surface area contributed by atoms with Crippen LogP contribution in [0.4, 0.5) is 23.5 Å². The third-order valence-corrected chi connectivity index (χ3v) is 6.91. The summed E-state index contributed by atoms with van der Waals surface area (Å²) in [6.45, 7) is 8.09. The predicted octanol–water partition coefficient (Wildman–Crippen LogP) is 4.23. The monoisotopic (exact) mass is 511 g/mol. The van der Waals surface area contributed by atoms with Crippen molar-refractivity contribution in [2.24, 2.45) is 18.9 Å². The van der Waals surface area contributed by atoms with E-state index in [1.807, 2.05) is 0 Å². The number of carbonyl (C=O) groups is 1. The number of rotatable bonds is 4. The SMILES string of the molecule is C=C1[C@@H]2C(N(C)c3nc(-c4ccncc4F)cc(=O)n3C)[C@@H]2C(=C)N1C(=O)c1ccc(C(F)(F)F)cc1. The third kappa shape index (κ3) is 3.90. The van der Waals surface area contributed by atoms with Gasteiger partial charge in [-0.2, -0.15) is 13.2 Å². The molecule has 1 unspecified atom stereocenters. The summed E-state index contributed by atoms with van der Waals surface area (Å²) < 4.78 is 54.3. The van der Waals surface area contributed by atoms with Gasteiger partial charge in [0, 0.05) is 66.8 Å². The average molecular weight is 511 g/mol. The van der Waals surface area contributed by atoms with E-state index < -0.39 is 23.5 Å². The number of halogens is 4. The van der Waals surface area contributed by atoms with E-state index in [1.54, 1.807) is 19.0 Å². The van der Waals surface area contributed by atoms with Crippen molar-refractivity contribution in [3.8, 4) is 11.3 Å². The number of fused-ring (bicyclic) bond motifs is 1. The Labute approximate surface area is 209 Å². The van der Waals surface area contributed by atoms with Gasteiger partial charge in [-0.3, -0.25) is 24.0 Å². The molecule has 0 N–H and O–H groups in total. The van der Waals surface area contributed by atoms with Crippen LogP contribution in [0.1, 0.15) is 15.9 Å². The molecule has 2 aliphatic rings. The Morgan fingerprint density at radius 2 is 1.70 bits per heavy atom. The van der Waals surface area contributed by atoms with Gasteiger partial charge in [0.1, 0.15) is 0 Å². The number of likely N-dealkylation sites (tertiary alicyclic amines) is 1. The first-order valence-electron chi connectivity index (χ1n) is 11.2. The van der Waals surface area contributed by atoms with Crippen molar-refractivity contribution in [1.82, 2.24) is 19.4 Å². The molecule has 1 amide bonds. The largest absolute Gasteiger partial charge is 0.416 e. The van der Waals surface area contributed by atoms with Crippen molar-refractivity contribution in [3.05, 3.63) is 101 Å². The second-order valence-electron chi connectivity index (χ2n) is 9.05. The number of pyridine rings is 1. The molecular weight excluding hydrogens is 490 g/mol. The Balaban J connectivity index is 1.39. The van der Waals surface area contributed by atoms with Crippen LogP contribution in [0, 0.1) is 17.7 Å². The van der Waals surface area contributed by atoms with E-state index in [2.05, 4.69) is 23.1 Å². The molecule has 190 valence electrons. The van der Waals surface area contributed by atoms with Gasteiger partial charge in [-0.05, 0) is 30.3 Å². The van der Waals surface area contributed by atoms with Crippen molar-refractivity contribution in [1.29, 1.82) is 0 Å². The maximum Gasteiger partial charge on any atom is 0.416 e. The van der Waals surface area contributed by atoms with Crippen LogP contribution in [0.2, 0.25) is 0 Å². The summed E-state index contributed by atoms with van der Waals surface area (Å²) in [5.41, 5.74) is 0.0620. The zero-order valence-electron chi connectivity index (χ0n) is 19.8. The summed E-state index contributed by atoms with van der Waals surface area (Å²) in [6, 6.07) is 6.43. The fourth-order valence-corrected chi connectivity index (χ4v) is 4.96. The Morgan fingerprint density at radius 3 is 2.27 bits per heavy atom. The van der Waals surface area contributed by atoms with Crippen LogP contribution in [-0.4, -0.2) is 38.4 Å². The number of amides is 1. The lowest BCUT2D eigenvalue weighted by Crippen LogP contribution is -2.36. The third-order valence-electron chi connectivity index (χ3n) is 6.91. The van der Waals surface area contributed by atoms with Crippen LogP contribution in [0.5, 0.6) is 0 Å². The van der Waals surface area contributed by atoms with E-state index in [0.29, 0.717) is 17.3 Å². The first-order chi connectivity index (χ1) is 17.4. The second-order valence-corrected chi connectivity index (χ2v) is 9.05. The zero-order chi connectivity index (χ0) is 26.8. The fourth-order valence-electron chi connectivity index (χ4n) is 4.96. The van der Waals surface area contributed by atoms with Crippen molar-refractivity contribution < 1.29 is 22.4 Å². The van der Waals surface area contributed by atoms with Gasteiger partial charge in [-0.1, -0.05) is 13.2 Å². The molecule has 1 saturated carbocycles. The summed E-state index contributed by atoms with van der Waals surface area (Å²) in [5, 5.41) is 0. The number of anilines is 1. The molecule has 0 spiro atoms. The molecule has 3 atom stereocenters. The van der Waals surface area contributed by atoms with E-state index in [4.69, 9.17) is 0 Å². The highest BCUT2D eigenvalue weighted by molar-refractivity contribution is 5.97. The van der Waals surface area contributed by atoms with E-state index in [-0.39, 0.29) is 40.3 Å². The zero-order valence-corrected chi connectivity index (χ0v) is 19.8. The summed E-state index contributed by atoms with van der Waals surface area (Å²) >= 11 is 0. The molecule has 1 aliphatic heterocycles. The molecule has 3 heterocycles. The molecule has 2 aromatic heterocycles. The summed E-state index contributed by atoms with van der Waals surface area (Å²) in [7, 11) is 3.29. The van der Waals surface area contributed by atoms with Crippen molar-refractivity contribution in [2.45, 2.75) is 12.2 Å². The molecule has 0 radical (unpaired) electrons. The first kappa shape index (κ1) is 24.4. The molecule has 1 aromatic carbocycles. The van der Waals surface area contributed by atoms with E-state index >= 15 is 0 Å². The summed E-state index contributed by atoms with van der Waals surface area (Å²) in [5.74, 6) is -1.26. The second kappa shape index (κ2) is 8.39. The topological polar surface area (TPSA) is 71.3 Å². The van der Waals surface area contributed by atoms with Crippen molar-refractivity contribution in [2.75, 3.05) is 11.9 Å². The van der Waals surface area contributed by atoms with Gasteiger partial charge in [0.15, 0.2) is 5.82 Å². The van der Waals surface area contributed by atoms with Crippen LogP contribution in [-0.2, 0) is 13.2 Å². The maximum absolute atomic E-state index is 14.3. The van der Waals surface area contributed by atoms with Gasteiger partial charge in [-0.25, -0.2) is 9.37 Å².